The first kappa shape index (κ1) is 23.5. The number of halogens is 2. The number of nitrogens with zero attached hydrogens (tertiary/aromatic N) is 2. The average molecular weight is 522 g/mol. The van der Waals surface area contributed by atoms with E-state index in [1.807, 2.05) is 67.7 Å². The summed E-state index contributed by atoms with van der Waals surface area (Å²) >= 11 is 13.8. The molecule has 5 rings (SSSR count). The first-order valence-corrected chi connectivity index (χ1v) is 12.4. The van der Waals surface area contributed by atoms with Gasteiger partial charge in [-0.25, -0.2) is 4.99 Å². The number of nitrogens with one attached hydrogen (secondary N) is 1. The minimum absolute atomic E-state index is 0.182. The number of fused-ring (bicyclic) bond motifs is 1. The average Bonchev–Trinajstić information content (AvgIpc) is 3.35. The molecular formula is C27H21Cl2N3O2S. The predicted octanol–water partition coefficient (Wildman–Crippen LogP) is 7.21. The SMILES string of the molecule is COc1ccc(C)cc1N=C1NC(=O)/C(=C/c2cn(Cc3ccc(Cl)cc3Cl)c3ccccc23)S1. The van der Waals surface area contributed by atoms with Crippen molar-refractivity contribution in [2.75, 3.05) is 7.11 Å². The molecule has 0 atom stereocenters. The van der Waals surface area contributed by atoms with Gasteiger partial charge in [-0.2, -0.15) is 0 Å². The molecule has 0 saturated carbocycles. The van der Waals surface area contributed by atoms with Crippen LogP contribution in [0.3, 0.4) is 0 Å². The molecule has 2 heterocycles. The zero-order valence-electron chi connectivity index (χ0n) is 19.0. The van der Waals surface area contributed by atoms with Crippen molar-refractivity contribution < 1.29 is 9.53 Å². The molecule has 0 bridgehead atoms. The van der Waals surface area contributed by atoms with Crippen LogP contribution in [-0.2, 0) is 11.3 Å². The number of hydrogen-bond acceptors (Lipinski definition) is 4. The summed E-state index contributed by atoms with van der Waals surface area (Å²) in [5.41, 5.74) is 4.69. The maximum Gasteiger partial charge on any atom is 0.264 e. The van der Waals surface area contributed by atoms with Crippen LogP contribution in [0.4, 0.5) is 5.69 Å². The van der Waals surface area contributed by atoms with Gasteiger partial charge in [-0.05, 0) is 66.2 Å². The number of amidine groups is 1. The number of aliphatic imine (C=N–C) groups is 1. The maximum atomic E-state index is 12.8. The van der Waals surface area contributed by atoms with Gasteiger partial charge in [0.2, 0.25) is 0 Å². The number of carbonyl (C=O) groups is 1. The highest BCUT2D eigenvalue weighted by Gasteiger charge is 2.25. The molecule has 5 nitrogen and oxygen atoms in total. The highest BCUT2D eigenvalue weighted by molar-refractivity contribution is 8.18. The molecule has 1 aromatic heterocycles. The van der Waals surface area contributed by atoms with E-state index in [-0.39, 0.29) is 5.91 Å². The molecule has 0 radical (unpaired) electrons. The van der Waals surface area contributed by atoms with Gasteiger partial charge in [-0.1, -0.05) is 53.5 Å². The third kappa shape index (κ3) is 4.96. The Bertz CT molecular complexity index is 1520. The molecule has 8 heteroatoms. The van der Waals surface area contributed by atoms with Gasteiger partial charge >= 0.3 is 0 Å². The van der Waals surface area contributed by atoms with Gasteiger partial charge in [0.15, 0.2) is 5.17 Å². The summed E-state index contributed by atoms with van der Waals surface area (Å²) in [7, 11) is 1.60. The van der Waals surface area contributed by atoms with Crippen LogP contribution in [0.25, 0.3) is 17.0 Å². The lowest BCUT2D eigenvalue weighted by Gasteiger charge is -2.08. The molecule has 1 saturated heterocycles. The van der Waals surface area contributed by atoms with Crippen molar-refractivity contribution in [3.63, 3.8) is 0 Å². The van der Waals surface area contributed by atoms with Gasteiger partial charge in [0.25, 0.3) is 5.91 Å². The quantitative estimate of drug-likeness (QED) is 0.282. The Hall–Kier alpha value is -3.19. The monoisotopic (exact) mass is 521 g/mol. The van der Waals surface area contributed by atoms with Crippen molar-refractivity contribution in [3.8, 4) is 5.75 Å². The molecule has 35 heavy (non-hydrogen) atoms. The van der Waals surface area contributed by atoms with Gasteiger partial charge in [-0.3, -0.25) is 4.79 Å². The number of ether oxygens (including phenoxy) is 1. The number of rotatable bonds is 5. The van der Waals surface area contributed by atoms with Gasteiger partial charge in [0.1, 0.15) is 11.4 Å². The number of methoxy groups -OCH3 is 1. The van der Waals surface area contributed by atoms with Crippen LogP contribution in [0, 0.1) is 6.92 Å². The van der Waals surface area contributed by atoms with E-state index in [9.17, 15) is 4.79 Å². The van der Waals surface area contributed by atoms with Gasteiger partial charge in [0.05, 0.1) is 12.0 Å². The fourth-order valence-electron chi connectivity index (χ4n) is 3.97. The van der Waals surface area contributed by atoms with Crippen LogP contribution in [0.1, 0.15) is 16.7 Å². The van der Waals surface area contributed by atoms with Gasteiger partial charge in [-0.15, -0.1) is 0 Å². The molecule has 3 aromatic carbocycles. The van der Waals surface area contributed by atoms with E-state index in [4.69, 9.17) is 27.9 Å². The highest BCUT2D eigenvalue weighted by atomic mass is 35.5. The molecule has 4 aromatic rings. The molecule has 1 fully saturated rings. The van der Waals surface area contributed by atoms with Crippen LogP contribution in [0.2, 0.25) is 10.0 Å². The van der Waals surface area contributed by atoms with Crippen molar-refractivity contribution >= 4 is 68.7 Å². The lowest BCUT2D eigenvalue weighted by Crippen LogP contribution is -2.19. The molecule has 1 N–H and O–H groups in total. The number of benzene rings is 3. The minimum atomic E-state index is -0.182. The fraction of sp³-hybridized carbons (Fsp3) is 0.111. The lowest BCUT2D eigenvalue weighted by atomic mass is 10.1. The topological polar surface area (TPSA) is 55.6 Å². The number of para-hydroxylation sites is 1. The van der Waals surface area contributed by atoms with Crippen molar-refractivity contribution in [2.45, 2.75) is 13.5 Å². The number of aryl methyl sites for hydroxylation is 1. The van der Waals surface area contributed by atoms with Crippen LogP contribution in [0.15, 0.2) is 76.8 Å². The third-order valence-corrected chi connectivity index (χ3v) is 7.17. The molecule has 1 aliphatic rings. The van der Waals surface area contributed by atoms with E-state index >= 15 is 0 Å². The summed E-state index contributed by atoms with van der Waals surface area (Å²) in [6, 6.07) is 19.4. The van der Waals surface area contributed by atoms with Gasteiger partial charge in [0, 0.05) is 39.3 Å². The van der Waals surface area contributed by atoms with E-state index in [1.165, 1.54) is 11.8 Å². The smallest absolute Gasteiger partial charge is 0.264 e. The summed E-state index contributed by atoms with van der Waals surface area (Å²) in [6.45, 7) is 2.57. The molecular weight excluding hydrogens is 501 g/mol. The summed E-state index contributed by atoms with van der Waals surface area (Å²) in [4.78, 5) is 18.0. The van der Waals surface area contributed by atoms with Crippen LogP contribution >= 0.6 is 35.0 Å². The normalized spacial score (nSPS) is 15.8. The number of amides is 1. The molecule has 0 unspecified atom stereocenters. The lowest BCUT2D eigenvalue weighted by molar-refractivity contribution is -0.115. The third-order valence-electron chi connectivity index (χ3n) is 5.67. The number of aromatic nitrogens is 1. The number of hydrogen-bond donors (Lipinski definition) is 1. The summed E-state index contributed by atoms with van der Waals surface area (Å²) in [5, 5.41) is 5.65. The second-order valence-electron chi connectivity index (χ2n) is 8.12. The summed E-state index contributed by atoms with van der Waals surface area (Å²) in [5.74, 6) is 0.470. The number of carbonyl (C=O) groups excluding carboxylic acids is 1. The van der Waals surface area contributed by atoms with Gasteiger partial charge < -0.3 is 14.6 Å². The summed E-state index contributed by atoms with van der Waals surface area (Å²) < 4.78 is 7.54. The second-order valence-corrected chi connectivity index (χ2v) is 10.00. The fourth-order valence-corrected chi connectivity index (χ4v) is 5.27. The maximum absolute atomic E-state index is 12.8. The zero-order valence-corrected chi connectivity index (χ0v) is 21.3. The Morgan fingerprint density at radius 2 is 1.94 bits per heavy atom. The minimum Gasteiger partial charge on any atom is -0.494 e. The van der Waals surface area contributed by atoms with Crippen molar-refractivity contribution in [3.05, 3.63) is 98.5 Å². The van der Waals surface area contributed by atoms with E-state index in [0.717, 1.165) is 27.6 Å². The Labute approximate surface area is 217 Å². The van der Waals surface area contributed by atoms with E-state index in [1.54, 1.807) is 13.2 Å². The molecule has 0 spiro atoms. The first-order valence-electron chi connectivity index (χ1n) is 10.9. The molecule has 176 valence electrons. The van der Waals surface area contributed by atoms with Crippen LogP contribution in [-0.4, -0.2) is 22.8 Å². The Morgan fingerprint density at radius 1 is 1.11 bits per heavy atom. The van der Waals surface area contributed by atoms with Crippen LogP contribution in [0.5, 0.6) is 5.75 Å². The predicted molar refractivity (Wildman–Crippen MR) is 146 cm³/mol. The molecule has 1 aliphatic heterocycles. The number of thioether (sulfide) groups is 1. The Balaban J connectivity index is 1.48. The first-order chi connectivity index (χ1) is 16.9. The van der Waals surface area contributed by atoms with E-state index < -0.39 is 0 Å². The Kier molecular flexibility index (Phi) is 6.60. The van der Waals surface area contributed by atoms with Crippen molar-refractivity contribution in [2.24, 2.45) is 4.99 Å². The van der Waals surface area contributed by atoms with Crippen molar-refractivity contribution in [1.29, 1.82) is 0 Å². The van der Waals surface area contributed by atoms with Crippen LogP contribution < -0.4 is 10.1 Å². The zero-order chi connectivity index (χ0) is 24.5. The van der Waals surface area contributed by atoms with E-state index in [2.05, 4.69) is 20.9 Å². The highest BCUT2D eigenvalue weighted by Crippen LogP contribution is 2.34. The van der Waals surface area contributed by atoms with E-state index in [0.29, 0.717) is 38.1 Å². The largest absolute Gasteiger partial charge is 0.494 e. The van der Waals surface area contributed by atoms with Crippen molar-refractivity contribution in [1.82, 2.24) is 9.88 Å². The standard InChI is InChI=1S/C27H21Cl2N3O2S/c1-16-7-10-24(34-2)22(11-16)30-27-31-26(33)25(35-27)12-18-15-32(23-6-4-3-5-20(18)23)14-17-8-9-19(28)13-21(17)29/h3-13,15H,14H2,1-2H3,(H,30,31,33)/b25-12-. The second kappa shape index (κ2) is 9.82. The Morgan fingerprint density at radius 3 is 2.74 bits per heavy atom. The molecule has 0 aliphatic carbocycles. The summed E-state index contributed by atoms with van der Waals surface area (Å²) in [6.07, 6.45) is 3.94. The molecule has 1 amide bonds.